The van der Waals surface area contributed by atoms with E-state index in [9.17, 15) is 9.59 Å². The lowest BCUT2D eigenvalue weighted by Gasteiger charge is -2.17. The predicted molar refractivity (Wildman–Crippen MR) is 63.5 cm³/mol. The lowest BCUT2D eigenvalue weighted by atomic mass is 10.1. The smallest absolute Gasteiger partial charge is 0.321 e. The monoisotopic (exact) mass is 253 g/mol. The second kappa shape index (κ2) is 6.02. The van der Waals surface area contributed by atoms with Crippen LogP contribution in [0.2, 0.25) is 0 Å². The van der Waals surface area contributed by atoms with Crippen LogP contribution in [0.1, 0.15) is 12.5 Å². The highest BCUT2D eigenvalue weighted by Gasteiger charge is 2.22. The van der Waals surface area contributed by atoms with Gasteiger partial charge in [0.25, 0.3) is 0 Å². The molecule has 6 heteroatoms. The Labute approximate surface area is 104 Å². The van der Waals surface area contributed by atoms with E-state index in [1.54, 1.807) is 12.1 Å². The number of phenolic OH excluding ortho intramolecular Hbond substituents is 1. The molecule has 0 aromatic heterocycles. The molecule has 0 amide bonds. The quantitative estimate of drug-likeness (QED) is 0.586. The number of carbonyl (C=O) groups is 2. The zero-order valence-corrected chi connectivity index (χ0v) is 9.83. The Bertz CT molecular complexity index is 429. The molecule has 0 aliphatic heterocycles. The van der Waals surface area contributed by atoms with Crippen LogP contribution in [0, 0.1) is 0 Å². The Morgan fingerprint density at radius 1 is 1.17 bits per heavy atom. The molecule has 0 spiro atoms. The van der Waals surface area contributed by atoms with Crippen molar-refractivity contribution in [1.82, 2.24) is 5.32 Å². The maximum Gasteiger partial charge on any atom is 0.321 e. The Balaban J connectivity index is 2.71. The fourth-order valence-electron chi connectivity index (χ4n) is 1.46. The van der Waals surface area contributed by atoms with Crippen molar-refractivity contribution in [2.45, 2.75) is 25.4 Å². The molecule has 1 aromatic carbocycles. The van der Waals surface area contributed by atoms with Crippen molar-refractivity contribution in [1.29, 1.82) is 0 Å². The van der Waals surface area contributed by atoms with Gasteiger partial charge in [-0.2, -0.15) is 0 Å². The fraction of sp³-hybridized carbons (Fsp3) is 0.333. The van der Waals surface area contributed by atoms with Crippen molar-refractivity contribution >= 4 is 11.9 Å². The number of nitrogens with one attached hydrogen (secondary N) is 1. The lowest BCUT2D eigenvalue weighted by Crippen LogP contribution is -2.46. The van der Waals surface area contributed by atoms with Crippen LogP contribution in [0.5, 0.6) is 5.75 Å². The summed E-state index contributed by atoms with van der Waals surface area (Å²) in [4.78, 5) is 21.7. The molecule has 0 radical (unpaired) electrons. The molecule has 6 nitrogen and oxygen atoms in total. The van der Waals surface area contributed by atoms with E-state index in [0.717, 1.165) is 0 Å². The van der Waals surface area contributed by atoms with E-state index in [-0.39, 0.29) is 12.2 Å². The first-order chi connectivity index (χ1) is 8.40. The minimum absolute atomic E-state index is 0.0949. The second-order valence-electron chi connectivity index (χ2n) is 3.99. The summed E-state index contributed by atoms with van der Waals surface area (Å²) in [6, 6.07) is 4.17. The summed E-state index contributed by atoms with van der Waals surface area (Å²) in [6.45, 7) is 1.38. The zero-order valence-electron chi connectivity index (χ0n) is 9.83. The molecular formula is C12H15NO5. The average Bonchev–Trinajstić information content (AvgIpc) is 2.30. The summed E-state index contributed by atoms with van der Waals surface area (Å²) >= 11 is 0. The van der Waals surface area contributed by atoms with E-state index < -0.39 is 24.0 Å². The molecule has 0 fully saturated rings. The van der Waals surface area contributed by atoms with Gasteiger partial charge >= 0.3 is 11.9 Å². The number of aromatic hydroxyl groups is 1. The summed E-state index contributed by atoms with van der Waals surface area (Å²) in [5.74, 6) is -2.12. The number of hydrogen-bond acceptors (Lipinski definition) is 4. The first-order valence-electron chi connectivity index (χ1n) is 5.39. The first-order valence-corrected chi connectivity index (χ1v) is 5.39. The zero-order chi connectivity index (χ0) is 13.7. The van der Waals surface area contributed by atoms with E-state index in [2.05, 4.69) is 5.32 Å². The van der Waals surface area contributed by atoms with Crippen LogP contribution in [0.3, 0.4) is 0 Å². The summed E-state index contributed by atoms with van der Waals surface area (Å²) in [5.41, 5.74) is 0.699. The summed E-state index contributed by atoms with van der Waals surface area (Å²) < 4.78 is 0. The van der Waals surface area contributed by atoms with Crippen molar-refractivity contribution in [3.63, 3.8) is 0 Å². The van der Waals surface area contributed by atoms with E-state index in [1.807, 2.05) is 0 Å². The average molecular weight is 253 g/mol. The Hall–Kier alpha value is -2.08. The third-order valence-electron chi connectivity index (χ3n) is 2.50. The number of aliphatic carboxylic acids is 2. The minimum atomic E-state index is -1.11. The van der Waals surface area contributed by atoms with Gasteiger partial charge in [-0.25, -0.2) is 0 Å². The van der Waals surface area contributed by atoms with Gasteiger partial charge in [-0.3, -0.25) is 14.9 Å². The third kappa shape index (κ3) is 4.06. The van der Waals surface area contributed by atoms with E-state index in [4.69, 9.17) is 15.3 Å². The van der Waals surface area contributed by atoms with Gasteiger partial charge in [0, 0.05) is 0 Å². The molecule has 98 valence electrons. The minimum Gasteiger partial charge on any atom is -0.508 e. The molecule has 0 saturated heterocycles. The Kier molecular flexibility index (Phi) is 4.67. The van der Waals surface area contributed by atoms with Crippen molar-refractivity contribution < 1.29 is 24.9 Å². The number of rotatable bonds is 6. The van der Waals surface area contributed by atoms with Crippen molar-refractivity contribution in [3.8, 4) is 5.75 Å². The van der Waals surface area contributed by atoms with Gasteiger partial charge in [-0.05, 0) is 31.0 Å². The molecule has 0 heterocycles. The Morgan fingerprint density at radius 3 is 2.17 bits per heavy atom. The number of carboxylic acids is 2. The Morgan fingerprint density at radius 2 is 1.72 bits per heavy atom. The first kappa shape index (κ1) is 14.0. The summed E-state index contributed by atoms with van der Waals surface area (Å²) in [5, 5.41) is 29.4. The topological polar surface area (TPSA) is 107 Å². The fourth-order valence-corrected chi connectivity index (χ4v) is 1.46. The maximum atomic E-state index is 11.0. The lowest BCUT2D eigenvalue weighted by molar-refractivity contribution is -0.142. The molecule has 0 saturated carbocycles. The maximum absolute atomic E-state index is 11.0. The van der Waals surface area contributed by atoms with Gasteiger partial charge in [-0.15, -0.1) is 0 Å². The highest BCUT2D eigenvalue weighted by molar-refractivity contribution is 5.77. The van der Waals surface area contributed by atoms with Gasteiger partial charge < -0.3 is 15.3 Å². The molecule has 1 unspecified atom stereocenters. The van der Waals surface area contributed by atoms with Crippen LogP contribution in [0.15, 0.2) is 24.3 Å². The molecule has 0 bridgehead atoms. The highest BCUT2D eigenvalue weighted by Crippen LogP contribution is 2.11. The van der Waals surface area contributed by atoms with Crippen LogP contribution >= 0.6 is 0 Å². The number of benzene rings is 1. The summed E-state index contributed by atoms with van der Waals surface area (Å²) in [6.07, 6.45) is 0.146. The molecule has 1 aromatic rings. The second-order valence-corrected chi connectivity index (χ2v) is 3.99. The predicted octanol–water partition coefficient (Wildman–Crippen LogP) is 0.451. The van der Waals surface area contributed by atoms with Crippen LogP contribution in [0.4, 0.5) is 0 Å². The summed E-state index contributed by atoms with van der Waals surface area (Å²) in [7, 11) is 0. The number of hydrogen-bond donors (Lipinski definition) is 4. The molecule has 18 heavy (non-hydrogen) atoms. The molecule has 1 rings (SSSR count). The van der Waals surface area contributed by atoms with Gasteiger partial charge in [0.05, 0.1) is 0 Å². The largest absolute Gasteiger partial charge is 0.508 e. The van der Waals surface area contributed by atoms with Gasteiger partial charge in [-0.1, -0.05) is 12.1 Å². The standard InChI is InChI=1S/C12H15NO5/c1-7(11(15)16)13-10(12(17)18)6-8-2-4-9(14)5-3-8/h2-5,7,10,13-14H,6H2,1H3,(H,15,16)(H,17,18)/t7?,10-/m0/s1. The van der Waals surface area contributed by atoms with Gasteiger partial charge in [0.2, 0.25) is 0 Å². The highest BCUT2D eigenvalue weighted by atomic mass is 16.4. The van der Waals surface area contributed by atoms with Crippen LogP contribution < -0.4 is 5.32 Å². The van der Waals surface area contributed by atoms with Gasteiger partial charge in [0.15, 0.2) is 0 Å². The van der Waals surface area contributed by atoms with E-state index >= 15 is 0 Å². The normalized spacial score (nSPS) is 13.8. The molecule has 0 aliphatic rings. The van der Waals surface area contributed by atoms with Crippen LogP contribution in [-0.2, 0) is 16.0 Å². The van der Waals surface area contributed by atoms with E-state index in [0.29, 0.717) is 5.56 Å². The number of phenols is 1. The van der Waals surface area contributed by atoms with Crippen molar-refractivity contribution in [3.05, 3.63) is 29.8 Å². The third-order valence-corrected chi connectivity index (χ3v) is 2.50. The SMILES string of the molecule is CC(N[C@@H](Cc1ccc(O)cc1)C(=O)O)C(=O)O. The molecule has 0 aliphatic carbocycles. The van der Waals surface area contributed by atoms with Crippen LogP contribution in [0.25, 0.3) is 0 Å². The van der Waals surface area contributed by atoms with Gasteiger partial charge in [0.1, 0.15) is 17.8 Å². The van der Waals surface area contributed by atoms with Crippen molar-refractivity contribution in [2.75, 3.05) is 0 Å². The van der Waals surface area contributed by atoms with Crippen molar-refractivity contribution in [2.24, 2.45) is 0 Å². The van der Waals surface area contributed by atoms with Crippen LogP contribution in [-0.4, -0.2) is 39.3 Å². The van der Waals surface area contributed by atoms with E-state index in [1.165, 1.54) is 19.1 Å². The molecule has 2 atom stereocenters. The molecular weight excluding hydrogens is 238 g/mol. The molecule has 4 N–H and O–H groups in total. The number of carboxylic acid groups (broad SMARTS) is 2.